The Morgan fingerprint density at radius 1 is 1.15 bits per heavy atom. The molecule has 2 aromatic heterocycles. The standard InChI is InChI=1S/C21H21N3O2S/c1-14-6-7-15(13-17(14)23-10-2-3-11-23)21(26)24-12-4-5-16(24)18-8-9-19(27-18)20(22)25/h2-3,6-11,13,16H,4-5,12H2,1H3,(H2,22,25)/t16-/m0/s1. The van der Waals surface area contributed by atoms with Crippen molar-refractivity contribution in [1.82, 2.24) is 9.47 Å². The highest BCUT2D eigenvalue weighted by Gasteiger charge is 2.32. The molecule has 138 valence electrons. The zero-order chi connectivity index (χ0) is 19.0. The minimum atomic E-state index is -0.419. The van der Waals surface area contributed by atoms with E-state index in [1.165, 1.54) is 11.3 Å². The topological polar surface area (TPSA) is 68.3 Å². The maximum absolute atomic E-state index is 13.2. The fourth-order valence-corrected chi connectivity index (χ4v) is 4.66. The van der Waals surface area contributed by atoms with Crippen molar-refractivity contribution in [2.24, 2.45) is 5.73 Å². The van der Waals surface area contributed by atoms with Crippen LogP contribution < -0.4 is 5.73 Å². The summed E-state index contributed by atoms with van der Waals surface area (Å²) in [6.07, 6.45) is 5.82. The van der Waals surface area contributed by atoms with E-state index >= 15 is 0 Å². The number of likely N-dealkylation sites (tertiary alicyclic amines) is 1. The van der Waals surface area contributed by atoms with E-state index in [1.54, 1.807) is 6.07 Å². The van der Waals surface area contributed by atoms with Crippen LogP contribution in [0.2, 0.25) is 0 Å². The molecule has 1 aromatic carbocycles. The summed E-state index contributed by atoms with van der Waals surface area (Å²) in [5.41, 5.74) is 8.18. The van der Waals surface area contributed by atoms with Gasteiger partial charge < -0.3 is 15.2 Å². The van der Waals surface area contributed by atoms with Crippen LogP contribution in [-0.4, -0.2) is 27.8 Å². The zero-order valence-electron chi connectivity index (χ0n) is 15.1. The normalized spacial score (nSPS) is 16.6. The third kappa shape index (κ3) is 3.28. The minimum absolute atomic E-state index is 0.00642. The lowest BCUT2D eigenvalue weighted by Crippen LogP contribution is -2.30. The average molecular weight is 379 g/mol. The summed E-state index contributed by atoms with van der Waals surface area (Å²) >= 11 is 1.39. The number of primary amides is 1. The molecule has 0 bridgehead atoms. The molecule has 2 N–H and O–H groups in total. The van der Waals surface area contributed by atoms with Crippen molar-refractivity contribution in [1.29, 1.82) is 0 Å². The van der Waals surface area contributed by atoms with Gasteiger partial charge in [0, 0.05) is 35.1 Å². The number of hydrogen-bond donors (Lipinski definition) is 1. The number of rotatable bonds is 4. The molecule has 1 aliphatic heterocycles. The molecular weight excluding hydrogens is 358 g/mol. The molecule has 3 heterocycles. The van der Waals surface area contributed by atoms with Crippen LogP contribution >= 0.6 is 11.3 Å². The van der Waals surface area contributed by atoms with Crippen LogP contribution in [0.3, 0.4) is 0 Å². The number of nitrogens with two attached hydrogens (primary N) is 1. The van der Waals surface area contributed by atoms with Gasteiger partial charge in [0.2, 0.25) is 0 Å². The number of aryl methyl sites for hydroxylation is 1. The molecule has 0 aliphatic carbocycles. The molecule has 5 nitrogen and oxygen atoms in total. The average Bonchev–Trinajstić information content (AvgIpc) is 3.41. The molecule has 0 unspecified atom stereocenters. The summed E-state index contributed by atoms with van der Waals surface area (Å²) in [6, 6.07) is 13.5. The smallest absolute Gasteiger partial charge is 0.258 e. The first-order valence-corrected chi connectivity index (χ1v) is 9.81. The van der Waals surface area contributed by atoms with E-state index in [0.717, 1.165) is 35.5 Å². The summed E-state index contributed by atoms with van der Waals surface area (Å²) < 4.78 is 2.02. The van der Waals surface area contributed by atoms with E-state index in [1.807, 2.05) is 65.2 Å². The number of nitrogens with zero attached hydrogens (tertiary/aromatic N) is 2. The summed E-state index contributed by atoms with van der Waals surface area (Å²) in [6.45, 7) is 2.76. The number of thiophene rings is 1. The summed E-state index contributed by atoms with van der Waals surface area (Å²) in [5.74, 6) is -0.392. The van der Waals surface area contributed by atoms with Gasteiger partial charge in [0.05, 0.1) is 10.9 Å². The first kappa shape index (κ1) is 17.5. The predicted octanol–water partition coefficient (Wildman–Crippen LogP) is 3.92. The summed E-state index contributed by atoms with van der Waals surface area (Å²) in [4.78, 5) is 28.1. The van der Waals surface area contributed by atoms with E-state index in [4.69, 9.17) is 5.73 Å². The Labute approximate surface area is 162 Å². The molecule has 2 amide bonds. The number of carbonyl (C=O) groups excluding carboxylic acids is 2. The summed E-state index contributed by atoms with van der Waals surface area (Å²) in [7, 11) is 0. The zero-order valence-corrected chi connectivity index (χ0v) is 15.9. The molecule has 1 fully saturated rings. The molecule has 0 saturated carbocycles. The molecule has 3 aromatic rings. The second kappa shape index (κ2) is 7.04. The Hall–Kier alpha value is -2.86. The Morgan fingerprint density at radius 3 is 2.63 bits per heavy atom. The van der Waals surface area contributed by atoms with E-state index < -0.39 is 5.91 Å². The maximum atomic E-state index is 13.2. The van der Waals surface area contributed by atoms with Crippen molar-refractivity contribution in [2.75, 3.05) is 6.54 Å². The maximum Gasteiger partial charge on any atom is 0.258 e. The molecular formula is C21H21N3O2S. The Morgan fingerprint density at radius 2 is 1.93 bits per heavy atom. The lowest BCUT2D eigenvalue weighted by Gasteiger charge is -2.24. The van der Waals surface area contributed by atoms with Crippen LogP contribution in [0.15, 0.2) is 54.9 Å². The van der Waals surface area contributed by atoms with Crippen molar-refractivity contribution >= 4 is 23.2 Å². The largest absolute Gasteiger partial charge is 0.365 e. The fraction of sp³-hybridized carbons (Fsp3) is 0.238. The highest BCUT2D eigenvalue weighted by atomic mass is 32.1. The van der Waals surface area contributed by atoms with Crippen LogP contribution in [-0.2, 0) is 0 Å². The monoisotopic (exact) mass is 379 g/mol. The van der Waals surface area contributed by atoms with Crippen molar-refractivity contribution in [3.63, 3.8) is 0 Å². The third-order valence-corrected chi connectivity index (χ3v) is 6.25. The lowest BCUT2D eigenvalue weighted by molar-refractivity contribution is 0.0737. The third-order valence-electron chi connectivity index (χ3n) is 5.05. The van der Waals surface area contributed by atoms with Crippen LogP contribution in [0.4, 0.5) is 0 Å². The van der Waals surface area contributed by atoms with Gasteiger partial charge in [0.15, 0.2) is 0 Å². The van der Waals surface area contributed by atoms with Crippen molar-refractivity contribution < 1.29 is 9.59 Å². The van der Waals surface area contributed by atoms with Crippen molar-refractivity contribution in [3.05, 3.63) is 75.7 Å². The molecule has 1 saturated heterocycles. The molecule has 1 atom stereocenters. The molecule has 0 spiro atoms. The van der Waals surface area contributed by atoms with Crippen LogP contribution in [0.25, 0.3) is 5.69 Å². The second-order valence-corrected chi connectivity index (χ2v) is 7.93. The number of carbonyl (C=O) groups is 2. The van der Waals surface area contributed by atoms with Gasteiger partial charge in [0.1, 0.15) is 0 Å². The van der Waals surface area contributed by atoms with E-state index in [0.29, 0.717) is 10.4 Å². The van der Waals surface area contributed by atoms with E-state index in [-0.39, 0.29) is 11.9 Å². The van der Waals surface area contributed by atoms with Crippen LogP contribution in [0.1, 0.15) is 49.4 Å². The summed E-state index contributed by atoms with van der Waals surface area (Å²) in [5, 5.41) is 0. The predicted molar refractivity (Wildman–Crippen MR) is 106 cm³/mol. The molecule has 6 heteroatoms. The first-order valence-electron chi connectivity index (χ1n) is 8.99. The molecule has 0 radical (unpaired) electrons. The lowest BCUT2D eigenvalue weighted by atomic mass is 10.1. The SMILES string of the molecule is Cc1ccc(C(=O)N2CCC[C@H]2c2ccc(C(N)=O)s2)cc1-n1cccc1. The second-order valence-electron chi connectivity index (χ2n) is 6.81. The number of amides is 2. The molecule has 27 heavy (non-hydrogen) atoms. The quantitative estimate of drug-likeness (QED) is 0.746. The Balaban J connectivity index is 1.63. The number of hydrogen-bond acceptors (Lipinski definition) is 3. The Bertz CT molecular complexity index is 991. The van der Waals surface area contributed by atoms with Gasteiger partial charge in [-0.05, 0) is 61.7 Å². The fourth-order valence-electron chi connectivity index (χ4n) is 3.65. The van der Waals surface area contributed by atoms with Gasteiger partial charge in [-0.1, -0.05) is 6.07 Å². The van der Waals surface area contributed by atoms with Gasteiger partial charge in [0.25, 0.3) is 11.8 Å². The first-order chi connectivity index (χ1) is 13.0. The molecule has 1 aliphatic rings. The molecule has 4 rings (SSSR count). The van der Waals surface area contributed by atoms with Gasteiger partial charge in [-0.15, -0.1) is 11.3 Å². The van der Waals surface area contributed by atoms with Gasteiger partial charge in [-0.2, -0.15) is 0 Å². The number of aromatic nitrogens is 1. The van der Waals surface area contributed by atoms with Gasteiger partial charge in [-0.3, -0.25) is 9.59 Å². The number of benzene rings is 1. The Kier molecular flexibility index (Phi) is 4.58. The van der Waals surface area contributed by atoms with Crippen LogP contribution in [0, 0.1) is 6.92 Å². The van der Waals surface area contributed by atoms with Gasteiger partial charge >= 0.3 is 0 Å². The van der Waals surface area contributed by atoms with E-state index in [2.05, 4.69) is 0 Å². The van der Waals surface area contributed by atoms with Crippen LogP contribution in [0.5, 0.6) is 0 Å². The van der Waals surface area contributed by atoms with E-state index in [9.17, 15) is 9.59 Å². The van der Waals surface area contributed by atoms with Gasteiger partial charge in [-0.25, -0.2) is 0 Å². The van der Waals surface area contributed by atoms with Crippen molar-refractivity contribution in [2.45, 2.75) is 25.8 Å². The minimum Gasteiger partial charge on any atom is -0.365 e. The highest BCUT2D eigenvalue weighted by Crippen LogP contribution is 2.37. The van der Waals surface area contributed by atoms with Crippen molar-refractivity contribution in [3.8, 4) is 5.69 Å². The highest BCUT2D eigenvalue weighted by molar-refractivity contribution is 7.14.